The maximum absolute atomic E-state index is 12.2. The summed E-state index contributed by atoms with van der Waals surface area (Å²) in [5, 5.41) is 3.54. The van der Waals surface area contributed by atoms with Crippen LogP contribution >= 0.6 is 11.6 Å². The highest BCUT2D eigenvalue weighted by molar-refractivity contribution is 6.30. The van der Waals surface area contributed by atoms with Gasteiger partial charge in [-0.3, -0.25) is 4.90 Å². The third-order valence-electron chi connectivity index (χ3n) is 4.38. The summed E-state index contributed by atoms with van der Waals surface area (Å²) in [4.78, 5) is 16.6. The molecule has 0 aromatic heterocycles. The van der Waals surface area contributed by atoms with Crippen molar-refractivity contribution >= 4 is 23.3 Å². The molecule has 1 aromatic carbocycles. The lowest BCUT2D eigenvalue weighted by molar-refractivity contribution is 0.0639. The molecule has 1 N–H and O–H groups in total. The molecule has 0 atom stereocenters. The zero-order chi connectivity index (χ0) is 14.7. The Balaban J connectivity index is 1.48. The molecule has 5 heteroatoms. The van der Waals surface area contributed by atoms with Crippen molar-refractivity contribution in [3.8, 4) is 0 Å². The van der Waals surface area contributed by atoms with Crippen molar-refractivity contribution < 1.29 is 4.79 Å². The number of carbonyl (C=O) groups is 1. The molecule has 2 amide bonds. The number of hydrogen-bond donors (Lipinski definition) is 1. The van der Waals surface area contributed by atoms with Crippen LogP contribution in [-0.2, 0) is 0 Å². The number of halogens is 1. The smallest absolute Gasteiger partial charge is 0.321 e. The topological polar surface area (TPSA) is 35.6 Å². The minimum Gasteiger partial charge on any atom is -0.321 e. The molecule has 2 heterocycles. The molecule has 2 aliphatic heterocycles. The fourth-order valence-electron chi connectivity index (χ4n) is 3.08. The maximum atomic E-state index is 12.2. The summed E-state index contributed by atoms with van der Waals surface area (Å²) < 4.78 is 0. The number of hydrogen-bond acceptors (Lipinski definition) is 2. The molecule has 4 nitrogen and oxygen atoms in total. The second kappa shape index (κ2) is 6.67. The lowest BCUT2D eigenvalue weighted by Crippen LogP contribution is -2.62. The number of nitrogens with zero attached hydrogens (tertiary/aromatic N) is 2. The predicted molar refractivity (Wildman–Crippen MR) is 85.9 cm³/mol. The van der Waals surface area contributed by atoms with E-state index >= 15 is 0 Å². The molecule has 0 saturated carbocycles. The number of benzene rings is 1. The lowest BCUT2D eigenvalue weighted by atomic mass is 10.1. The zero-order valence-electron chi connectivity index (χ0n) is 12.2. The van der Waals surface area contributed by atoms with Crippen LogP contribution in [0.5, 0.6) is 0 Å². The van der Waals surface area contributed by atoms with Crippen LogP contribution in [0, 0.1) is 0 Å². The highest BCUT2D eigenvalue weighted by Crippen LogP contribution is 2.21. The van der Waals surface area contributed by atoms with Crippen LogP contribution in [0.4, 0.5) is 10.5 Å². The van der Waals surface area contributed by atoms with E-state index in [1.54, 1.807) is 12.1 Å². The predicted octanol–water partition coefficient (Wildman–Crippen LogP) is 3.43. The first kappa shape index (κ1) is 14.7. The Kier molecular flexibility index (Phi) is 4.66. The normalized spacial score (nSPS) is 20.7. The van der Waals surface area contributed by atoms with Gasteiger partial charge in [-0.15, -0.1) is 0 Å². The average molecular weight is 308 g/mol. The summed E-state index contributed by atoms with van der Waals surface area (Å²) in [5.74, 6) is 0. The van der Waals surface area contributed by atoms with Crippen LogP contribution in [0.2, 0.25) is 5.02 Å². The highest BCUT2D eigenvalue weighted by Gasteiger charge is 2.34. The molecule has 0 aliphatic carbocycles. The molecule has 21 heavy (non-hydrogen) atoms. The van der Waals surface area contributed by atoms with Crippen LogP contribution in [0.1, 0.15) is 25.7 Å². The molecule has 2 saturated heterocycles. The second-order valence-corrected chi connectivity index (χ2v) is 6.39. The summed E-state index contributed by atoms with van der Waals surface area (Å²) in [6.07, 6.45) is 5.29. The van der Waals surface area contributed by atoms with Crippen LogP contribution in [-0.4, -0.2) is 48.1 Å². The zero-order valence-corrected chi connectivity index (χ0v) is 13.0. The van der Waals surface area contributed by atoms with Gasteiger partial charge >= 0.3 is 6.03 Å². The van der Waals surface area contributed by atoms with Crippen molar-refractivity contribution in [3.63, 3.8) is 0 Å². The molecular formula is C16H22ClN3O. The Morgan fingerprint density at radius 2 is 1.86 bits per heavy atom. The monoisotopic (exact) mass is 307 g/mol. The summed E-state index contributed by atoms with van der Waals surface area (Å²) in [5.41, 5.74) is 0.755. The van der Waals surface area contributed by atoms with Crippen LogP contribution in [0.3, 0.4) is 0 Å². The van der Waals surface area contributed by atoms with E-state index in [2.05, 4.69) is 10.2 Å². The average Bonchev–Trinajstić information content (AvgIpc) is 2.66. The third-order valence-corrected chi connectivity index (χ3v) is 4.62. The van der Waals surface area contributed by atoms with Gasteiger partial charge in [0.05, 0.1) is 0 Å². The molecule has 2 aliphatic rings. The summed E-state index contributed by atoms with van der Waals surface area (Å²) in [6, 6.07) is 7.79. The van der Waals surface area contributed by atoms with E-state index in [1.165, 1.54) is 38.8 Å². The number of carbonyl (C=O) groups excluding carboxylic acids is 1. The second-order valence-electron chi connectivity index (χ2n) is 5.95. The number of nitrogens with one attached hydrogen (secondary N) is 1. The van der Waals surface area contributed by atoms with E-state index in [0.29, 0.717) is 11.1 Å². The molecule has 114 valence electrons. The lowest BCUT2D eigenvalue weighted by Gasteiger charge is -2.45. The van der Waals surface area contributed by atoms with Crippen molar-refractivity contribution in [2.45, 2.75) is 31.7 Å². The third kappa shape index (κ3) is 3.69. The van der Waals surface area contributed by atoms with E-state index in [0.717, 1.165) is 18.8 Å². The number of amides is 2. The van der Waals surface area contributed by atoms with Crippen molar-refractivity contribution in [1.29, 1.82) is 0 Å². The number of rotatable bonds is 2. The number of urea groups is 1. The molecule has 3 rings (SSSR count). The standard InChI is InChI=1S/C16H22ClN3O/c17-13-6-5-7-14(10-13)18-16(21)20-11-15(12-20)19-8-3-1-2-4-9-19/h5-7,10,15H,1-4,8-9,11-12H2,(H,18,21). The van der Waals surface area contributed by atoms with Gasteiger partial charge < -0.3 is 10.2 Å². The minimum atomic E-state index is -0.0247. The van der Waals surface area contributed by atoms with Crippen LogP contribution < -0.4 is 5.32 Å². The Morgan fingerprint density at radius 3 is 2.52 bits per heavy atom. The summed E-state index contributed by atoms with van der Waals surface area (Å²) in [7, 11) is 0. The molecule has 0 spiro atoms. The maximum Gasteiger partial charge on any atom is 0.321 e. The van der Waals surface area contributed by atoms with E-state index in [4.69, 9.17) is 11.6 Å². The van der Waals surface area contributed by atoms with Crippen molar-refractivity contribution in [3.05, 3.63) is 29.3 Å². The van der Waals surface area contributed by atoms with Crippen molar-refractivity contribution in [1.82, 2.24) is 9.80 Å². The highest BCUT2D eigenvalue weighted by atomic mass is 35.5. The van der Waals surface area contributed by atoms with Gasteiger partial charge in [-0.2, -0.15) is 0 Å². The fourth-order valence-corrected chi connectivity index (χ4v) is 3.27. The van der Waals surface area contributed by atoms with Crippen molar-refractivity contribution in [2.75, 3.05) is 31.5 Å². The van der Waals surface area contributed by atoms with E-state index in [9.17, 15) is 4.79 Å². The van der Waals surface area contributed by atoms with Gasteiger partial charge in [0.1, 0.15) is 0 Å². The number of anilines is 1. The molecule has 0 unspecified atom stereocenters. The van der Waals surface area contributed by atoms with Crippen LogP contribution in [0.25, 0.3) is 0 Å². The first-order valence-corrected chi connectivity index (χ1v) is 8.16. The Hall–Kier alpha value is -1.26. The van der Waals surface area contributed by atoms with Crippen LogP contribution in [0.15, 0.2) is 24.3 Å². The van der Waals surface area contributed by atoms with Gasteiger partial charge in [0, 0.05) is 29.8 Å². The van der Waals surface area contributed by atoms with Crippen molar-refractivity contribution in [2.24, 2.45) is 0 Å². The number of likely N-dealkylation sites (tertiary alicyclic amines) is 2. The minimum absolute atomic E-state index is 0.0247. The quantitative estimate of drug-likeness (QED) is 0.908. The SMILES string of the molecule is O=C(Nc1cccc(Cl)c1)N1CC(N2CCCCCC2)C1. The first-order chi connectivity index (χ1) is 10.2. The molecule has 2 fully saturated rings. The summed E-state index contributed by atoms with van der Waals surface area (Å²) >= 11 is 5.92. The molecule has 1 aromatic rings. The van der Waals surface area contributed by atoms with E-state index in [-0.39, 0.29) is 6.03 Å². The van der Waals surface area contributed by atoms with Gasteiger partial charge in [0.2, 0.25) is 0 Å². The van der Waals surface area contributed by atoms with Gasteiger partial charge in [0.25, 0.3) is 0 Å². The molecule has 0 radical (unpaired) electrons. The van der Waals surface area contributed by atoms with E-state index < -0.39 is 0 Å². The van der Waals surface area contributed by atoms with E-state index in [1.807, 2.05) is 17.0 Å². The Labute approximate surface area is 131 Å². The van der Waals surface area contributed by atoms with Gasteiger partial charge in [-0.25, -0.2) is 4.79 Å². The summed E-state index contributed by atoms with van der Waals surface area (Å²) in [6.45, 7) is 4.06. The Morgan fingerprint density at radius 1 is 1.14 bits per heavy atom. The fraction of sp³-hybridized carbons (Fsp3) is 0.562. The van der Waals surface area contributed by atoms with Gasteiger partial charge in [0.15, 0.2) is 0 Å². The Bertz CT molecular complexity index is 494. The molecule has 0 bridgehead atoms. The first-order valence-electron chi connectivity index (χ1n) is 7.78. The van der Waals surface area contributed by atoms with Gasteiger partial charge in [-0.1, -0.05) is 30.5 Å². The molecular weight excluding hydrogens is 286 g/mol. The van der Waals surface area contributed by atoms with Gasteiger partial charge in [-0.05, 0) is 44.1 Å². The largest absolute Gasteiger partial charge is 0.321 e.